The van der Waals surface area contributed by atoms with Gasteiger partial charge >= 0.3 is 6.18 Å². The van der Waals surface area contributed by atoms with Crippen LogP contribution in [0.4, 0.5) is 18.0 Å². The molecule has 0 radical (unpaired) electrons. The second-order valence-electron chi connectivity index (χ2n) is 7.43. The third-order valence-electron chi connectivity index (χ3n) is 5.42. The number of allylic oxidation sites excluding steroid dienone is 2. The van der Waals surface area contributed by atoms with Crippen molar-refractivity contribution in [1.82, 2.24) is 0 Å². The van der Waals surface area contributed by atoms with Gasteiger partial charge in [-0.1, -0.05) is 23.1 Å². The van der Waals surface area contributed by atoms with Crippen molar-refractivity contribution in [3.05, 3.63) is 33.9 Å². The number of carbonyl (C=O) groups excluding carboxylic acids is 2. The second kappa shape index (κ2) is 9.58. The van der Waals surface area contributed by atoms with E-state index in [4.69, 9.17) is 16.3 Å². The molecule has 1 aromatic rings. The van der Waals surface area contributed by atoms with E-state index in [0.717, 1.165) is 12.0 Å². The van der Waals surface area contributed by atoms with E-state index < -0.39 is 18.1 Å². The summed E-state index contributed by atoms with van der Waals surface area (Å²) in [5.74, 6) is 5.08. The Morgan fingerprint density at radius 3 is 2.68 bits per heavy atom. The number of hydrogen-bond acceptors (Lipinski definition) is 5. The van der Waals surface area contributed by atoms with E-state index >= 15 is 0 Å². The molecule has 0 aliphatic heterocycles. The van der Waals surface area contributed by atoms with E-state index in [1.807, 2.05) is 0 Å². The van der Waals surface area contributed by atoms with Crippen molar-refractivity contribution in [3.63, 3.8) is 0 Å². The number of rotatable bonds is 6. The molecule has 0 spiro atoms. The summed E-state index contributed by atoms with van der Waals surface area (Å²) in [6.07, 6.45) is -2.18. The maximum Gasteiger partial charge on any atom is 0.422 e. The molecule has 2 bridgehead atoms. The van der Waals surface area contributed by atoms with Gasteiger partial charge in [0.1, 0.15) is 5.75 Å². The lowest BCUT2D eigenvalue weighted by atomic mass is 9.78. The zero-order valence-electron chi connectivity index (χ0n) is 16.6. The van der Waals surface area contributed by atoms with Crippen molar-refractivity contribution in [3.8, 4) is 17.6 Å². The van der Waals surface area contributed by atoms with Crippen LogP contribution in [-0.4, -0.2) is 29.6 Å². The molecular formula is C22H19ClF3O4S-. The molecule has 2 atom stereocenters. The lowest BCUT2D eigenvalue weighted by Gasteiger charge is -2.28. The summed E-state index contributed by atoms with van der Waals surface area (Å²) in [4.78, 5) is 24.1. The SMILES string of the molecule is CC#Cc1cc(Cl)c(C2=C(CCSC(=O)[O-])C3CCC(C3)C2=O)c(OCC(F)(F)F)c1. The molecule has 0 aromatic heterocycles. The van der Waals surface area contributed by atoms with Crippen LogP contribution >= 0.6 is 23.4 Å². The number of alkyl halides is 3. The van der Waals surface area contributed by atoms with Crippen LogP contribution in [-0.2, 0) is 4.79 Å². The highest BCUT2D eigenvalue weighted by Gasteiger charge is 2.42. The van der Waals surface area contributed by atoms with Crippen LogP contribution in [0.5, 0.6) is 5.75 Å². The van der Waals surface area contributed by atoms with Gasteiger partial charge in [0.05, 0.1) is 10.3 Å². The van der Waals surface area contributed by atoms with Crippen LogP contribution in [0.2, 0.25) is 5.02 Å². The van der Waals surface area contributed by atoms with Crippen LogP contribution in [0.25, 0.3) is 5.57 Å². The average molecular weight is 472 g/mol. The summed E-state index contributed by atoms with van der Waals surface area (Å²) in [5.41, 5.74) is 1.48. The van der Waals surface area contributed by atoms with Crippen molar-refractivity contribution in [2.24, 2.45) is 11.8 Å². The van der Waals surface area contributed by atoms with Crippen LogP contribution in [0, 0.1) is 23.7 Å². The topological polar surface area (TPSA) is 66.4 Å². The molecule has 166 valence electrons. The summed E-state index contributed by atoms with van der Waals surface area (Å²) in [7, 11) is 0. The Morgan fingerprint density at radius 2 is 2.03 bits per heavy atom. The minimum Gasteiger partial charge on any atom is -0.538 e. The first-order valence-electron chi connectivity index (χ1n) is 9.68. The van der Waals surface area contributed by atoms with Gasteiger partial charge in [-0.2, -0.15) is 13.2 Å². The summed E-state index contributed by atoms with van der Waals surface area (Å²) in [6, 6.07) is 2.85. The van der Waals surface area contributed by atoms with E-state index in [1.54, 1.807) is 6.92 Å². The highest BCUT2D eigenvalue weighted by atomic mass is 35.5. The Balaban J connectivity index is 2.13. The predicted molar refractivity (Wildman–Crippen MR) is 111 cm³/mol. The second-order valence-corrected chi connectivity index (χ2v) is 8.87. The van der Waals surface area contributed by atoms with Crippen molar-refractivity contribution in [1.29, 1.82) is 0 Å². The molecule has 4 nitrogen and oxygen atoms in total. The summed E-state index contributed by atoms with van der Waals surface area (Å²) >= 11 is 7.07. The number of benzene rings is 1. The summed E-state index contributed by atoms with van der Waals surface area (Å²) in [6.45, 7) is 0.0412. The molecule has 1 fully saturated rings. The van der Waals surface area contributed by atoms with Gasteiger partial charge in [-0.15, -0.1) is 17.7 Å². The number of Topliss-reactive ketones (excluding diaryl/α,β-unsaturated/α-hetero) is 1. The summed E-state index contributed by atoms with van der Waals surface area (Å²) in [5, 5.41) is 9.61. The first-order valence-corrected chi connectivity index (χ1v) is 11.0. The van der Waals surface area contributed by atoms with Gasteiger partial charge < -0.3 is 14.6 Å². The molecule has 0 N–H and O–H groups in total. The Bertz CT molecular complexity index is 991. The minimum absolute atomic E-state index is 0.0571. The Kier molecular flexibility index (Phi) is 7.28. The normalized spacial score (nSPS) is 20.5. The molecule has 31 heavy (non-hydrogen) atoms. The van der Waals surface area contributed by atoms with Crippen molar-refractivity contribution in [2.75, 3.05) is 12.4 Å². The predicted octanol–water partition coefficient (Wildman–Crippen LogP) is 4.87. The van der Waals surface area contributed by atoms with Crippen LogP contribution < -0.4 is 9.84 Å². The molecular weight excluding hydrogens is 453 g/mol. The standard InChI is InChI=1S/C22H20ClF3O4S/c1-2-3-12-8-16(23)19(17(9-12)30-11-22(24,25)26)18-15(6-7-31-21(28)29)13-4-5-14(10-13)20(18)27/h8-9,13-14H,4-7,10-11H2,1H3,(H,28,29)/p-1. The highest BCUT2D eigenvalue weighted by Crippen LogP contribution is 2.50. The molecule has 0 amide bonds. The number of hydrogen-bond donors (Lipinski definition) is 0. The quantitative estimate of drug-likeness (QED) is 0.554. The fourth-order valence-corrected chi connectivity index (χ4v) is 5.07. The highest BCUT2D eigenvalue weighted by molar-refractivity contribution is 8.13. The molecule has 9 heteroatoms. The van der Waals surface area contributed by atoms with Crippen molar-refractivity contribution >= 4 is 40.0 Å². The molecule has 3 rings (SSSR count). The number of halogens is 4. The first-order chi connectivity index (χ1) is 14.6. The Labute approximate surface area is 187 Å². The molecule has 2 unspecified atom stereocenters. The van der Waals surface area contributed by atoms with Gasteiger partial charge in [-0.25, -0.2) is 0 Å². The molecule has 1 aromatic carbocycles. The molecule has 2 aliphatic rings. The zero-order valence-corrected chi connectivity index (χ0v) is 18.2. The van der Waals surface area contributed by atoms with E-state index in [0.29, 0.717) is 36.6 Å². The Morgan fingerprint density at radius 1 is 1.32 bits per heavy atom. The number of fused-ring (bicyclic) bond motifs is 2. The third kappa shape index (κ3) is 5.58. The van der Waals surface area contributed by atoms with E-state index in [-0.39, 0.29) is 45.3 Å². The average Bonchev–Trinajstić information content (AvgIpc) is 3.11. The lowest BCUT2D eigenvalue weighted by molar-refractivity contribution is -0.232. The smallest absolute Gasteiger partial charge is 0.422 e. The number of ketones is 1. The van der Waals surface area contributed by atoms with E-state index in [2.05, 4.69) is 11.8 Å². The van der Waals surface area contributed by atoms with Gasteiger partial charge in [0.15, 0.2) is 12.4 Å². The van der Waals surface area contributed by atoms with Gasteiger partial charge in [0, 0.05) is 28.4 Å². The molecule has 0 saturated heterocycles. The molecule has 2 aliphatic carbocycles. The third-order valence-corrected chi connectivity index (χ3v) is 6.36. The van der Waals surface area contributed by atoms with Crippen LogP contribution in [0.15, 0.2) is 17.7 Å². The van der Waals surface area contributed by atoms with Gasteiger partial charge in [-0.3, -0.25) is 4.79 Å². The van der Waals surface area contributed by atoms with E-state index in [1.165, 1.54) is 12.1 Å². The number of carbonyl (C=O) groups is 2. The fourth-order valence-electron chi connectivity index (χ4n) is 4.27. The van der Waals surface area contributed by atoms with Crippen LogP contribution in [0.1, 0.15) is 43.7 Å². The Hall–Kier alpha value is -2.11. The van der Waals surface area contributed by atoms with Gasteiger partial charge in [0.25, 0.3) is 0 Å². The van der Waals surface area contributed by atoms with E-state index in [9.17, 15) is 27.9 Å². The first kappa shape index (κ1) is 23.6. The summed E-state index contributed by atoms with van der Waals surface area (Å²) < 4.78 is 43.7. The monoisotopic (exact) mass is 471 g/mol. The number of thioether (sulfide) groups is 1. The fraction of sp³-hybridized carbons (Fsp3) is 0.455. The largest absolute Gasteiger partial charge is 0.538 e. The van der Waals surface area contributed by atoms with Crippen LogP contribution in [0.3, 0.4) is 0 Å². The maximum absolute atomic E-state index is 13.2. The van der Waals surface area contributed by atoms with Crippen molar-refractivity contribution < 1.29 is 32.6 Å². The number of ether oxygens (including phenoxy) is 1. The molecule has 1 saturated carbocycles. The minimum atomic E-state index is -4.58. The lowest BCUT2D eigenvalue weighted by Crippen LogP contribution is -2.24. The van der Waals surface area contributed by atoms with Gasteiger partial charge in [-0.05, 0) is 50.7 Å². The van der Waals surface area contributed by atoms with Gasteiger partial charge in [0.2, 0.25) is 0 Å². The number of carboxylic acid groups (broad SMARTS) is 1. The molecule has 0 heterocycles. The van der Waals surface area contributed by atoms with Crippen molar-refractivity contribution in [2.45, 2.75) is 38.8 Å². The zero-order chi connectivity index (χ0) is 22.8. The maximum atomic E-state index is 13.2.